The fraction of sp³-hybridized carbons (Fsp3) is 0.533. The van der Waals surface area contributed by atoms with Gasteiger partial charge in [0.25, 0.3) is 0 Å². The molecule has 0 fully saturated rings. The van der Waals surface area contributed by atoms with Crippen molar-refractivity contribution in [3.8, 4) is 0 Å². The van der Waals surface area contributed by atoms with Crippen LogP contribution in [0.1, 0.15) is 39.2 Å². The average molecular weight is 248 g/mol. The van der Waals surface area contributed by atoms with Crippen LogP contribution in [0.25, 0.3) is 0 Å². The molecule has 1 amide bonds. The van der Waals surface area contributed by atoms with Crippen molar-refractivity contribution < 1.29 is 4.79 Å². The monoisotopic (exact) mass is 248 g/mol. The molecule has 3 heteroatoms. The first-order valence-corrected chi connectivity index (χ1v) is 6.60. The van der Waals surface area contributed by atoms with Gasteiger partial charge in [-0.25, -0.2) is 0 Å². The maximum absolute atomic E-state index is 11.3. The maximum Gasteiger partial charge on any atom is 0.219 e. The number of nitrogens with one attached hydrogen (secondary N) is 1. The first-order chi connectivity index (χ1) is 8.54. The van der Waals surface area contributed by atoms with Gasteiger partial charge in [0.1, 0.15) is 0 Å². The van der Waals surface area contributed by atoms with Crippen LogP contribution in [-0.4, -0.2) is 23.9 Å². The number of rotatable bonds is 6. The molecular formula is C15H24N2O. The van der Waals surface area contributed by atoms with E-state index >= 15 is 0 Å². The van der Waals surface area contributed by atoms with E-state index in [1.54, 1.807) is 11.8 Å². The van der Waals surface area contributed by atoms with Gasteiger partial charge in [0.2, 0.25) is 5.91 Å². The van der Waals surface area contributed by atoms with Crippen molar-refractivity contribution in [2.75, 3.05) is 12.4 Å². The summed E-state index contributed by atoms with van der Waals surface area (Å²) in [6, 6.07) is 8.64. The highest BCUT2D eigenvalue weighted by Crippen LogP contribution is 2.18. The molecule has 0 aliphatic rings. The van der Waals surface area contributed by atoms with E-state index in [0.717, 1.165) is 17.7 Å². The lowest BCUT2D eigenvalue weighted by molar-refractivity contribution is -0.128. The van der Waals surface area contributed by atoms with Gasteiger partial charge in [-0.2, -0.15) is 0 Å². The van der Waals surface area contributed by atoms with Gasteiger partial charge in [0.15, 0.2) is 0 Å². The molecule has 1 aromatic carbocycles. The lowest BCUT2D eigenvalue weighted by Crippen LogP contribution is -2.24. The third-order valence-electron chi connectivity index (χ3n) is 3.09. The van der Waals surface area contributed by atoms with E-state index < -0.39 is 0 Å². The molecule has 0 spiro atoms. The molecule has 0 aromatic heterocycles. The Morgan fingerprint density at radius 2 is 2.06 bits per heavy atom. The second-order valence-corrected chi connectivity index (χ2v) is 4.87. The lowest BCUT2D eigenvalue weighted by atomic mass is 10.1. The molecule has 0 aliphatic carbocycles. The zero-order valence-electron chi connectivity index (χ0n) is 11.9. The van der Waals surface area contributed by atoms with E-state index in [9.17, 15) is 4.79 Å². The van der Waals surface area contributed by atoms with E-state index in [1.807, 2.05) is 19.2 Å². The number of amides is 1. The summed E-state index contributed by atoms with van der Waals surface area (Å²) in [5.41, 5.74) is 2.30. The summed E-state index contributed by atoms with van der Waals surface area (Å²) < 4.78 is 0. The number of carbonyl (C=O) groups excluding carboxylic acids is 1. The van der Waals surface area contributed by atoms with Gasteiger partial charge < -0.3 is 10.2 Å². The zero-order chi connectivity index (χ0) is 13.5. The van der Waals surface area contributed by atoms with Gasteiger partial charge in [0.05, 0.1) is 0 Å². The Kier molecular flexibility index (Phi) is 5.69. The fourth-order valence-corrected chi connectivity index (χ4v) is 1.94. The molecule has 3 nitrogen and oxygen atoms in total. The number of benzene rings is 1. The van der Waals surface area contributed by atoms with Gasteiger partial charge in [-0.05, 0) is 25.0 Å². The number of hydrogen-bond donors (Lipinski definition) is 1. The Morgan fingerprint density at radius 3 is 2.67 bits per heavy atom. The number of hydrogen-bond acceptors (Lipinski definition) is 2. The Labute approximate surface area is 110 Å². The largest absolute Gasteiger partial charge is 0.382 e. The van der Waals surface area contributed by atoms with Crippen molar-refractivity contribution in [3.05, 3.63) is 29.8 Å². The van der Waals surface area contributed by atoms with Crippen molar-refractivity contribution in [3.63, 3.8) is 0 Å². The van der Waals surface area contributed by atoms with Crippen LogP contribution in [0.15, 0.2) is 24.3 Å². The average Bonchev–Trinajstić information content (AvgIpc) is 2.31. The van der Waals surface area contributed by atoms with Gasteiger partial charge in [-0.1, -0.05) is 31.5 Å². The van der Waals surface area contributed by atoms with Crippen LogP contribution < -0.4 is 5.32 Å². The molecule has 1 aromatic rings. The molecule has 0 saturated heterocycles. The lowest BCUT2D eigenvalue weighted by Gasteiger charge is -2.21. The van der Waals surface area contributed by atoms with Crippen LogP contribution >= 0.6 is 0 Å². The molecule has 0 heterocycles. The molecule has 0 aliphatic heterocycles. The Balaban J connectivity index is 2.76. The predicted octanol–water partition coefficient (Wildman–Crippen LogP) is 3.27. The third-order valence-corrected chi connectivity index (χ3v) is 3.09. The van der Waals surface area contributed by atoms with E-state index in [0.29, 0.717) is 12.6 Å². The number of carbonyl (C=O) groups is 1. The van der Waals surface area contributed by atoms with Gasteiger partial charge >= 0.3 is 0 Å². The minimum atomic E-state index is 0.0893. The van der Waals surface area contributed by atoms with Crippen molar-refractivity contribution >= 4 is 11.6 Å². The van der Waals surface area contributed by atoms with E-state index in [-0.39, 0.29) is 5.91 Å². The summed E-state index contributed by atoms with van der Waals surface area (Å²) in [5.74, 6) is 0.0893. The summed E-state index contributed by atoms with van der Waals surface area (Å²) >= 11 is 0. The quantitative estimate of drug-likeness (QED) is 0.838. The second kappa shape index (κ2) is 7.04. The fourth-order valence-electron chi connectivity index (χ4n) is 1.94. The maximum atomic E-state index is 11.3. The summed E-state index contributed by atoms with van der Waals surface area (Å²) in [6.07, 6.45) is 2.32. The van der Waals surface area contributed by atoms with Crippen LogP contribution in [-0.2, 0) is 11.3 Å². The summed E-state index contributed by atoms with van der Waals surface area (Å²) in [5, 5.41) is 3.52. The van der Waals surface area contributed by atoms with E-state index in [4.69, 9.17) is 0 Å². The van der Waals surface area contributed by atoms with Gasteiger partial charge in [0, 0.05) is 32.2 Å². The highest BCUT2D eigenvalue weighted by molar-refractivity contribution is 5.73. The highest BCUT2D eigenvalue weighted by atomic mass is 16.2. The number of para-hydroxylation sites is 1. The standard InChI is InChI=1S/C15H24N2O/c1-5-8-12(2)16-15-10-7-6-9-14(15)11-17(4)13(3)18/h6-7,9-10,12,16H,5,8,11H2,1-4H3. The Morgan fingerprint density at radius 1 is 1.39 bits per heavy atom. The molecule has 1 unspecified atom stereocenters. The Hall–Kier alpha value is -1.51. The second-order valence-electron chi connectivity index (χ2n) is 4.87. The molecule has 0 saturated carbocycles. The Bertz CT molecular complexity index is 390. The molecule has 18 heavy (non-hydrogen) atoms. The topological polar surface area (TPSA) is 32.3 Å². The minimum Gasteiger partial charge on any atom is -0.382 e. The van der Waals surface area contributed by atoms with E-state index in [1.165, 1.54) is 6.42 Å². The molecule has 100 valence electrons. The van der Waals surface area contributed by atoms with Crippen molar-refractivity contribution in [1.82, 2.24) is 4.90 Å². The molecule has 0 radical (unpaired) electrons. The van der Waals surface area contributed by atoms with Crippen LogP contribution in [0, 0.1) is 0 Å². The molecule has 1 atom stereocenters. The first-order valence-electron chi connectivity index (χ1n) is 6.60. The predicted molar refractivity (Wildman–Crippen MR) is 76.6 cm³/mol. The number of anilines is 1. The SMILES string of the molecule is CCCC(C)Nc1ccccc1CN(C)C(C)=O. The zero-order valence-corrected chi connectivity index (χ0v) is 11.9. The summed E-state index contributed by atoms with van der Waals surface area (Å²) in [4.78, 5) is 13.0. The third kappa shape index (κ3) is 4.40. The van der Waals surface area contributed by atoms with Crippen molar-refractivity contribution in [1.29, 1.82) is 0 Å². The molecule has 1 rings (SSSR count). The highest BCUT2D eigenvalue weighted by Gasteiger charge is 2.09. The summed E-state index contributed by atoms with van der Waals surface area (Å²) in [6.45, 7) is 6.62. The molecule has 0 bridgehead atoms. The molecular weight excluding hydrogens is 224 g/mol. The number of nitrogens with zero attached hydrogens (tertiary/aromatic N) is 1. The minimum absolute atomic E-state index is 0.0893. The van der Waals surface area contributed by atoms with Gasteiger partial charge in [-0.3, -0.25) is 4.79 Å². The normalized spacial score (nSPS) is 12.0. The van der Waals surface area contributed by atoms with Crippen LogP contribution in [0.4, 0.5) is 5.69 Å². The first kappa shape index (κ1) is 14.6. The molecule has 1 N–H and O–H groups in total. The van der Waals surface area contributed by atoms with Crippen molar-refractivity contribution in [2.45, 2.75) is 46.2 Å². The van der Waals surface area contributed by atoms with Crippen LogP contribution in [0.5, 0.6) is 0 Å². The smallest absolute Gasteiger partial charge is 0.219 e. The summed E-state index contributed by atoms with van der Waals surface area (Å²) in [7, 11) is 1.83. The van der Waals surface area contributed by atoms with E-state index in [2.05, 4.69) is 31.3 Å². The van der Waals surface area contributed by atoms with Gasteiger partial charge in [-0.15, -0.1) is 0 Å². The van der Waals surface area contributed by atoms with Crippen LogP contribution in [0.3, 0.4) is 0 Å². The van der Waals surface area contributed by atoms with Crippen molar-refractivity contribution in [2.24, 2.45) is 0 Å². The van der Waals surface area contributed by atoms with Crippen LogP contribution in [0.2, 0.25) is 0 Å².